The summed E-state index contributed by atoms with van der Waals surface area (Å²) in [4.78, 5) is 12.6. The highest BCUT2D eigenvalue weighted by Gasteiger charge is 2.36. The minimum Gasteiger partial charge on any atom is -0.493 e. The first-order valence-corrected chi connectivity index (χ1v) is 11.8. The van der Waals surface area contributed by atoms with Gasteiger partial charge in [-0.05, 0) is 58.9 Å². The first-order chi connectivity index (χ1) is 16.4. The van der Waals surface area contributed by atoms with Crippen molar-refractivity contribution in [1.82, 2.24) is 10.6 Å². The molecule has 0 spiro atoms. The van der Waals surface area contributed by atoms with Gasteiger partial charge in [-0.25, -0.2) is 4.39 Å². The summed E-state index contributed by atoms with van der Waals surface area (Å²) < 4.78 is 26.3. The van der Waals surface area contributed by atoms with Gasteiger partial charge in [-0.3, -0.25) is 4.79 Å². The molecule has 0 saturated heterocycles. The monoisotopic (exact) mass is 586 g/mol. The Morgan fingerprint density at radius 2 is 2.03 bits per heavy atom. The minimum atomic E-state index is -1.06. The van der Waals surface area contributed by atoms with Gasteiger partial charge in [-0.15, -0.1) is 0 Å². The van der Waals surface area contributed by atoms with Crippen LogP contribution in [0.5, 0.6) is 11.5 Å². The fourth-order valence-electron chi connectivity index (χ4n) is 3.70. The molecule has 3 atom stereocenters. The Bertz CT molecular complexity index is 1030. The van der Waals surface area contributed by atoms with Gasteiger partial charge in [0.1, 0.15) is 18.0 Å². The smallest absolute Gasteiger partial charge is 0.247 e. The molecular weight excluding hydrogens is 558 g/mol. The molecular formula is C24H28FIN2O6. The molecule has 184 valence electrons. The summed E-state index contributed by atoms with van der Waals surface area (Å²) in [6.07, 6.45) is -0.234. The second kappa shape index (κ2) is 12.5. The summed E-state index contributed by atoms with van der Waals surface area (Å²) in [6, 6.07) is 9.09. The van der Waals surface area contributed by atoms with Crippen LogP contribution in [0.1, 0.15) is 17.5 Å². The van der Waals surface area contributed by atoms with E-state index >= 15 is 0 Å². The van der Waals surface area contributed by atoms with Crippen LogP contribution >= 0.6 is 22.6 Å². The molecule has 0 bridgehead atoms. The van der Waals surface area contributed by atoms with Crippen molar-refractivity contribution in [2.75, 3.05) is 20.3 Å². The van der Waals surface area contributed by atoms with Crippen LogP contribution in [-0.2, 0) is 17.9 Å². The molecule has 0 fully saturated rings. The topological polar surface area (TPSA) is 120 Å². The van der Waals surface area contributed by atoms with Gasteiger partial charge >= 0.3 is 0 Å². The molecule has 0 aromatic heterocycles. The third-order valence-corrected chi connectivity index (χ3v) is 6.28. The number of methoxy groups -OCH3 is 1. The number of aliphatic hydroxyl groups excluding tert-OH is 3. The van der Waals surface area contributed by atoms with E-state index in [1.807, 2.05) is 22.6 Å². The van der Waals surface area contributed by atoms with Crippen molar-refractivity contribution < 1.29 is 34.0 Å². The Balaban J connectivity index is 1.87. The molecule has 1 amide bonds. The second-order valence-corrected chi connectivity index (χ2v) is 8.96. The van der Waals surface area contributed by atoms with Crippen LogP contribution in [0, 0.1) is 9.39 Å². The minimum absolute atomic E-state index is 0.0892. The van der Waals surface area contributed by atoms with Crippen LogP contribution in [0.15, 0.2) is 48.0 Å². The van der Waals surface area contributed by atoms with Crippen molar-refractivity contribution in [3.8, 4) is 11.5 Å². The number of hydrogen-bond acceptors (Lipinski definition) is 7. The van der Waals surface area contributed by atoms with Crippen LogP contribution in [0.3, 0.4) is 0 Å². The van der Waals surface area contributed by atoms with Crippen molar-refractivity contribution in [3.63, 3.8) is 0 Å². The van der Waals surface area contributed by atoms with Gasteiger partial charge in [0, 0.05) is 30.3 Å². The van der Waals surface area contributed by atoms with Crippen molar-refractivity contribution in [1.29, 1.82) is 0 Å². The van der Waals surface area contributed by atoms with E-state index in [9.17, 15) is 19.4 Å². The van der Waals surface area contributed by atoms with Crippen molar-refractivity contribution in [2.45, 2.75) is 37.8 Å². The molecule has 0 aliphatic heterocycles. The molecule has 0 saturated carbocycles. The van der Waals surface area contributed by atoms with Crippen molar-refractivity contribution in [3.05, 3.63) is 68.6 Å². The lowest BCUT2D eigenvalue weighted by Gasteiger charge is -2.34. The Morgan fingerprint density at radius 3 is 2.71 bits per heavy atom. The van der Waals surface area contributed by atoms with Gasteiger partial charge in [-0.1, -0.05) is 18.2 Å². The zero-order valence-electron chi connectivity index (χ0n) is 18.6. The average molecular weight is 586 g/mol. The summed E-state index contributed by atoms with van der Waals surface area (Å²) in [6.45, 7) is -0.135. The van der Waals surface area contributed by atoms with E-state index in [1.54, 1.807) is 36.4 Å². The van der Waals surface area contributed by atoms with E-state index < -0.39 is 18.2 Å². The Morgan fingerprint density at radius 1 is 1.26 bits per heavy atom. The first-order valence-electron chi connectivity index (χ1n) is 10.8. The van der Waals surface area contributed by atoms with Gasteiger partial charge < -0.3 is 35.4 Å². The lowest BCUT2D eigenvalue weighted by atomic mass is 9.89. The van der Waals surface area contributed by atoms with Crippen LogP contribution in [0.2, 0.25) is 0 Å². The quantitative estimate of drug-likeness (QED) is 0.269. The summed E-state index contributed by atoms with van der Waals surface area (Å²) >= 11 is 2.05. The SMILES string of the molecule is COc1cc(CO)cc(I)c1OC1C=C(C(=O)NCCO)CC(NCc2ccccc2F)C1O. The van der Waals surface area contributed by atoms with E-state index in [1.165, 1.54) is 13.2 Å². The molecule has 34 heavy (non-hydrogen) atoms. The first kappa shape index (κ1) is 26.4. The number of amides is 1. The lowest BCUT2D eigenvalue weighted by molar-refractivity contribution is -0.118. The lowest BCUT2D eigenvalue weighted by Crippen LogP contribution is -2.51. The van der Waals surface area contributed by atoms with E-state index in [-0.39, 0.29) is 44.4 Å². The number of carbonyl (C=O) groups excluding carboxylic acids is 1. The highest BCUT2D eigenvalue weighted by molar-refractivity contribution is 14.1. The van der Waals surface area contributed by atoms with Gasteiger partial charge in [0.15, 0.2) is 11.5 Å². The number of hydrogen-bond donors (Lipinski definition) is 5. The number of halogens is 2. The third kappa shape index (κ3) is 6.45. The highest BCUT2D eigenvalue weighted by atomic mass is 127. The molecule has 1 aliphatic carbocycles. The fourth-order valence-corrected chi connectivity index (χ4v) is 4.49. The Labute approximate surface area is 210 Å². The Kier molecular flexibility index (Phi) is 9.65. The average Bonchev–Trinajstić information content (AvgIpc) is 2.84. The van der Waals surface area contributed by atoms with E-state index in [2.05, 4.69) is 10.6 Å². The molecule has 5 N–H and O–H groups in total. The number of aliphatic hydroxyl groups is 3. The number of benzene rings is 2. The zero-order valence-corrected chi connectivity index (χ0v) is 20.8. The van der Waals surface area contributed by atoms with Gasteiger partial charge in [0.2, 0.25) is 5.91 Å². The summed E-state index contributed by atoms with van der Waals surface area (Å²) in [5.41, 5.74) is 1.45. The van der Waals surface area contributed by atoms with Gasteiger partial charge in [-0.2, -0.15) is 0 Å². The number of carbonyl (C=O) groups is 1. The predicted octanol–water partition coefficient (Wildman–Crippen LogP) is 1.64. The van der Waals surface area contributed by atoms with E-state index in [4.69, 9.17) is 14.6 Å². The van der Waals surface area contributed by atoms with Crippen LogP contribution in [0.4, 0.5) is 4.39 Å². The normalized spacial score (nSPS) is 19.9. The zero-order chi connectivity index (χ0) is 24.7. The largest absolute Gasteiger partial charge is 0.493 e. The second-order valence-electron chi connectivity index (χ2n) is 7.79. The van der Waals surface area contributed by atoms with Crippen LogP contribution in [-0.4, -0.2) is 59.7 Å². The Hall–Kier alpha value is -2.25. The highest BCUT2D eigenvalue weighted by Crippen LogP contribution is 2.36. The summed E-state index contributed by atoms with van der Waals surface area (Å²) in [5, 5.41) is 35.4. The summed E-state index contributed by atoms with van der Waals surface area (Å²) in [7, 11) is 1.47. The van der Waals surface area contributed by atoms with Crippen molar-refractivity contribution in [2.24, 2.45) is 0 Å². The molecule has 1 aliphatic rings. The molecule has 10 heteroatoms. The number of rotatable bonds is 10. The van der Waals surface area contributed by atoms with Gasteiger partial charge in [0.05, 0.1) is 23.9 Å². The molecule has 3 rings (SSSR count). The molecule has 2 aromatic carbocycles. The summed E-state index contributed by atoms with van der Waals surface area (Å²) in [5.74, 6) is -0.00732. The maximum Gasteiger partial charge on any atom is 0.247 e. The van der Waals surface area contributed by atoms with Gasteiger partial charge in [0.25, 0.3) is 0 Å². The maximum atomic E-state index is 14.1. The third-order valence-electron chi connectivity index (χ3n) is 5.48. The van der Waals surface area contributed by atoms with E-state index in [0.29, 0.717) is 31.8 Å². The molecule has 0 radical (unpaired) electrons. The standard InChI is InChI=1S/C24H28FIN2O6/c1-33-21-9-14(13-30)8-18(26)23(21)34-20-11-16(24(32)27-6-7-29)10-19(22(20)31)28-12-15-4-2-3-5-17(15)25/h2-5,8-9,11,19-20,22,28-31H,6-7,10,12-13H2,1H3,(H,27,32). The molecule has 2 aromatic rings. The fraction of sp³-hybridized carbons (Fsp3) is 0.375. The predicted molar refractivity (Wildman–Crippen MR) is 132 cm³/mol. The van der Waals surface area contributed by atoms with Crippen LogP contribution < -0.4 is 20.1 Å². The molecule has 3 unspecified atom stereocenters. The number of nitrogens with one attached hydrogen (secondary N) is 2. The van der Waals surface area contributed by atoms with Crippen LogP contribution in [0.25, 0.3) is 0 Å². The molecule has 0 heterocycles. The van der Waals surface area contributed by atoms with E-state index in [0.717, 1.165) is 0 Å². The van der Waals surface area contributed by atoms with Crippen molar-refractivity contribution >= 4 is 28.5 Å². The molecule has 8 nitrogen and oxygen atoms in total. The maximum absolute atomic E-state index is 14.1. The number of ether oxygens (including phenoxy) is 2.